The maximum Gasteiger partial charge on any atom is 0.150 e. The lowest BCUT2D eigenvalue weighted by atomic mass is 10.1. The summed E-state index contributed by atoms with van der Waals surface area (Å²) in [6, 6.07) is 8.12. The summed E-state index contributed by atoms with van der Waals surface area (Å²) in [6.45, 7) is 1.57. The molecule has 94 valence electrons. The normalized spacial score (nSPS) is 22.8. The summed E-state index contributed by atoms with van der Waals surface area (Å²) in [4.78, 5) is 0. The van der Waals surface area contributed by atoms with Crippen molar-refractivity contribution in [3.8, 4) is 0 Å². The Labute approximate surface area is 111 Å². The molecule has 0 aromatic heterocycles. The van der Waals surface area contributed by atoms with Crippen molar-refractivity contribution in [3.63, 3.8) is 0 Å². The van der Waals surface area contributed by atoms with Crippen molar-refractivity contribution in [2.45, 2.75) is 13.0 Å². The van der Waals surface area contributed by atoms with E-state index in [1.54, 1.807) is 0 Å². The summed E-state index contributed by atoms with van der Waals surface area (Å²) in [5.74, 6) is 0.987. The van der Waals surface area contributed by atoms with E-state index in [9.17, 15) is 8.42 Å². The van der Waals surface area contributed by atoms with Crippen molar-refractivity contribution >= 4 is 25.8 Å². The summed E-state index contributed by atoms with van der Waals surface area (Å²) in [7, 11) is -2.74. The van der Waals surface area contributed by atoms with Crippen molar-refractivity contribution in [1.82, 2.24) is 5.32 Å². The number of nitrogens with one attached hydrogen (secondary N) is 1. The molecule has 1 aromatic carbocycles. The van der Waals surface area contributed by atoms with E-state index < -0.39 is 9.84 Å². The van der Waals surface area contributed by atoms with E-state index in [4.69, 9.17) is 0 Å². The predicted octanol–water partition coefficient (Wildman–Crippen LogP) is 1.97. The highest BCUT2D eigenvalue weighted by molar-refractivity contribution is 9.10. The third-order valence-electron chi connectivity index (χ3n) is 2.98. The molecule has 0 saturated carbocycles. The molecular weight excluding hydrogens is 302 g/mol. The molecule has 1 heterocycles. The highest BCUT2D eigenvalue weighted by Crippen LogP contribution is 2.17. The fraction of sp³-hybridized carbons (Fsp3) is 0.500. The molecule has 1 aromatic rings. The van der Waals surface area contributed by atoms with Crippen molar-refractivity contribution < 1.29 is 8.42 Å². The highest BCUT2D eigenvalue weighted by atomic mass is 79.9. The van der Waals surface area contributed by atoms with Crippen molar-refractivity contribution in [1.29, 1.82) is 0 Å². The first-order valence-corrected chi connectivity index (χ1v) is 8.32. The molecule has 5 heteroatoms. The van der Waals surface area contributed by atoms with Gasteiger partial charge in [-0.3, -0.25) is 0 Å². The fourth-order valence-corrected chi connectivity index (χ4v) is 4.41. The largest absolute Gasteiger partial charge is 0.312 e. The average Bonchev–Trinajstić information content (AvgIpc) is 2.58. The Kier molecular flexibility index (Phi) is 4.22. The van der Waals surface area contributed by atoms with Crippen molar-refractivity contribution in [2.75, 3.05) is 18.1 Å². The molecule has 0 unspecified atom stereocenters. The minimum atomic E-state index is -2.74. The maximum absolute atomic E-state index is 11.3. The monoisotopic (exact) mass is 317 g/mol. The number of halogens is 1. The molecule has 0 amide bonds. The van der Waals surface area contributed by atoms with Gasteiger partial charge in [-0.2, -0.15) is 0 Å². The summed E-state index contributed by atoms with van der Waals surface area (Å²) in [5.41, 5.74) is 1.21. The number of hydrogen-bond acceptors (Lipinski definition) is 3. The molecule has 0 aliphatic carbocycles. The van der Waals surface area contributed by atoms with E-state index in [1.807, 2.05) is 12.1 Å². The predicted molar refractivity (Wildman–Crippen MR) is 72.6 cm³/mol. The zero-order valence-electron chi connectivity index (χ0n) is 9.52. The van der Waals surface area contributed by atoms with Crippen LogP contribution >= 0.6 is 15.9 Å². The molecule has 1 fully saturated rings. The molecule has 1 aliphatic heterocycles. The van der Waals surface area contributed by atoms with Crippen LogP contribution in [0.2, 0.25) is 0 Å². The first-order valence-electron chi connectivity index (χ1n) is 5.71. The van der Waals surface area contributed by atoms with Crippen LogP contribution in [-0.4, -0.2) is 26.5 Å². The van der Waals surface area contributed by atoms with Gasteiger partial charge in [0.25, 0.3) is 0 Å². The second-order valence-corrected chi connectivity index (χ2v) is 7.67. The molecule has 1 saturated heterocycles. The lowest BCUT2D eigenvalue weighted by Gasteiger charge is -2.09. The van der Waals surface area contributed by atoms with Gasteiger partial charge in [0.15, 0.2) is 9.84 Å². The molecule has 3 nitrogen and oxygen atoms in total. The SMILES string of the molecule is O=S1(=O)CC[C@@H](CNCc2cccc(Br)c2)C1. The topological polar surface area (TPSA) is 46.2 Å². The molecule has 1 N–H and O–H groups in total. The zero-order valence-corrected chi connectivity index (χ0v) is 11.9. The number of hydrogen-bond donors (Lipinski definition) is 1. The Morgan fingerprint density at radius 2 is 2.24 bits per heavy atom. The first kappa shape index (κ1) is 13.1. The molecule has 2 rings (SSSR count). The molecule has 0 spiro atoms. The Morgan fingerprint density at radius 1 is 1.41 bits per heavy atom. The zero-order chi connectivity index (χ0) is 12.3. The Balaban J connectivity index is 1.77. The van der Waals surface area contributed by atoms with Crippen LogP contribution < -0.4 is 5.32 Å². The standard InChI is InChI=1S/C12H16BrNO2S/c13-12-3-1-2-10(6-12)7-14-8-11-4-5-17(15,16)9-11/h1-3,6,11,14H,4-5,7-9H2/t11-/m0/s1. The lowest BCUT2D eigenvalue weighted by molar-refractivity contribution is 0.521. The first-order chi connectivity index (χ1) is 8.05. The minimum absolute atomic E-state index is 0.284. The smallest absolute Gasteiger partial charge is 0.150 e. The third-order valence-corrected chi connectivity index (χ3v) is 5.31. The average molecular weight is 318 g/mol. The van der Waals surface area contributed by atoms with Gasteiger partial charge in [-0.15, -0.1) is 0 Å². The van der Waals surface area contributed by atoms with Crippen LogP contribution in [0.25, 0.3) is 0 Å². The van der Waals surface area contributed by atoms with Crippen LogP contribution in [0.3, 0.4) is 0 Å². The third kappa shape index (κ3) is 4.08. The Morgan fingerprint density at radius 3 is 2.88 bits per heavy atom. The molecule has 1 atom stereocenters. The van der Waals surface area contributed by atoms with Crippen LogP contribution in [0.15, 0.2) is 28.7 Å². The second-order valence-electron chi connectivity index (χ2n) is 4.53. The van der Waals surface area contributed by atoms with E-state index >= 15 is 0 Å². The number of benzene rings is 1. The van der Waals surface area contributed by atoms with Crippen molar-refractivity contribution in [2.24, 2.45) is 5.92 Å². The summed E-state index contributed by atoms with van der Waals surface area (Å²) in [6.07, 6.45) is 0.799. The molecule has 0 radical (unpaired) electrons. The Hall–Kier alpha value is -0.390. The Bertz CT molecular complexity index is 487. The van der Waals surface area contributed by atoms with Crippen molar-refractivity contribution in [3.05, 3.63) is 34.3 Å². The van der Waals surface area contributed by atoms with Gasteiger partial charge in [-0.25, -0.2) is 8.42 Å². The van der Waals surface area contributed by atoms with Gasteiger partial charge in [-0.05, 0) is 36.6 Å². The van der Waals surface area contributed by atoms with E-state index in [-0.39, 0.29) is 5.92 Å². The van der Waals surface area contributed by atoms with E-state index in [0.717, 1.165) is 24.0 Å². The fourth-order valence-electron chi connectivity index (χ4n) is 2.10. The van der Waals surface area contributed by atoms with Gasteiger partial charge in [0.1, 0.15) is 0 Å². The van der Waals surface area contributed by atoms with Crippen LogP contribution in [0.4, 0.5) is 0 Å². The van der Waals surface area contributed by atoms with Crippen LogP contribution in [0.1, 0.15) is 12.0 Å². The molecular formula is C12H16BrNO2S. The van der Waals surface area contributed by atoms with Gasteiger partial charge in [0.2, 0.25) is 0 Å². The van der Waals surface area contributed by atoms with Gasteiger partial charge in [0, 0.05) is 11.0 Å². The lowest BCUT2D eigenvalue weighted by Crippen LogP contribution is -2.23. The van der Waals surface area contributed by atoms with E-state index in [1.165, 1.54) is 5.56 Å². The molecule has 17 heavy (non-hydrogen) atoms. The maximum atomic E-state index is 11.3. The molecule has 1 aliphatic rings. The van der Waals surface area contributed by atoms with Gasteiger partial charge < -0.3 is 5.32 Å². The van der Waals surface area contributed by atoms with Gasteiger partial charge in [0.05, 0.1) is 11.5 Å². The summed E-state index contributed by atoms with van der Waals surface area (Å²) < 4.78 is 23.6. The van der Waals surface area contributed by atoms with Crippen LogP contribution in [-0.2, 0) is 16.4 Å². The van der Waals surface area contributed by atoms with Crippen LogP contribution in [0.5, 0.6) is 0 Å². The quantitative estimate of drug-likeness (QED) is 0.923. The second kappa shape index (κ2) is 5.50. The number of sulfone groups is 1. The van der Waals surface area contributed by atoms with Gasteiger partial charge in [-0.1, -0.05) is 28.1 Å². The van der Waals surface area contributed by atoms with E-state index in [0.29, 0.717) is 11.5 Å². The molecule has 0 bridgehead atoms. The van der Waals surface area contributed by atoms with Gasteiger partial charge >= 0.3 is 0 Å². The number of rotatable bonds is 4. The highest BCUT2D eigenvalue weighted by Gasteiger charge is 2.27. The summed E-state index contributed by atoms with van der Waals surface area (Å²) in [5, 5.41) is 3.32. The summed E-state index contributed by atoms with van der Waals surface area (Å²) >= 11 is 3.43. The minimum Gasteiger partial charge on any atom is -0.312 e. The van der Waals surface area contributed by atoms with E-state index in [2.05, 4.69) is 33.4 Å². The van der Waals surface area contributed by atoms with Crippen LogP contribution in [0, 0.1) is 5.92 Å².